The monoisotopic (exact) mass is 404 g/mol. The second-order valence-electron chi connectivity index (χ2n) is 4.46. The first-order valence-corrected chi connectivity index (χ1v) is 7.24. The number of aromatic amines is 1. The number of H-pyrrole nitrogens is 1. The van der Waals surface area contributed by atoms with Crippen LogP contribution in [0.15, 0.2) is 21.9 Å². The van der Waals surface area contributed by atoms with Crippen molar-refractivity contribution in [2.24, 2.45) is 0 Å². The van der Waals surface area contributed by atoms with Crippen molar-refractivity contribution in [3.63, 3.8) is 0 Å². The van der Waals surface area contributed by atoms with Gasteiger partial charge in [-0.25, -0.2) is 9.18 Å². The van der Waals surface area contributed by atoms with Crippen LogP contribution in [0.4, 0.5) is 4.39 Å². The maximum Gasteiger partial charge on any atom is 0.330 e. The summed E-state index contributed by atoms with van der Waals surface area (Å²) in [5, 5.41) is 9.93. The van der Waals surface area contributed by atoms with Gasteiger partial charge in [-0.3, -0.25) is 14.3 Å². The number of aliphatic hydroxyl groups excluding tert-OH is 1. The summed E-state index contributed by atoms with van der Waals surface area (Å²) in [7, 11) is 0. The van der Waals surface area contributed by atoms with E-state index in [1.54, 1.807) is 22.6 Å². The van der Waals surface area contributed by atoms with Gasteiger partial charge in [0.2, 0.25) is 5.85 Å². The molecule has 1 saturated heterocycles. The summed E-state index contributed by atoms with van der Waals surface area (Å²) in [6, 6.07) is 1.09. The number of alkyl halides is 3. The fourth-order valence-corrected chi connectivity index (χ4v) is 2.88. The zero-order valence-electron chi connectivity index (χ0n) is 9.77. The highest BCUT2D eigenvalue weighted by molar-refractivity contribution is 14.1. The fraction of sp³-hybridized carbons (Fsp3) is 0.600. The van der Waals surface area contributed by atoms with E-state index in [-0.39, 0.29) is 4.43 Å². The van der Waals surface area contributed by atoms with Crippen LogP contribution in [0.1, 0.15) is 13.2 Å². The van der Waals surface area contributed by atoms with E-state index in [2.05, 4.69) is 0 Å². The van der Waals surface area contributed by atoms with Gasteiger partial charge in [0.1, 0.15) is 11.0 Å². The highest BCUT2D eigenvalue weighted by Gasteiger charge is 2.62. The van der Waals surface area contributed by atoms with E-state index in [1.807, 2.05) is 4.98 Å². The van der Waals surface area contributed by atoms with Crippen molar-refractivity contribution in [3.05, 3.63) is 33.1 Å². The molecular formula is C10H11ClFIN2O4. The Morgan fingerprint density at radius 3 is 2.79 bits per heavy atom. The Labute approximate surface area is 125 Å². The predicted octanol–water partition coefficient (Wildman–Crippen LogP) is 0.525. The van der Waals surface area contributed by atoms with Crippen LogP contribution in [0.25, 0.3) is 0 Å². The molecule has 2 N–H and O–H groups in total. The van der Waals surface area contributed by atoms with E-state index in [9.17, 15) is 19.1 Å². The number of halogens is 3. The summed E-state index contributed by atoms with van der Waals surface area (Å²) >= 11 is 7.84. The average Bonchev–Trinajstić information content (AvgIpc) is 2.51. The quantitative estimate of drug-likeness (QED) is 0.556. The Bertz CT molecular complexity index is 604. The molecule has 0 aliphatic carbocycles. The number of nitrogens with zero attached hydrogens (tertiary/aromatic N) is 1. The Kier molecular flexibility index (Phi) is 3.80. The van der Waals surface area contributed by atoms with Gasteiger partial charge in [0.25, 0.3) is 5.56 Å². The van der Waals surface area contributed by atoms with Crippen molar-refractivity contribution in [3.8, 4) is 0 Å². The molecular weight excluding hydrogens is 393 g/mol. The van der Waals surface area contributed by atoms with Crippen LogP contribution < -0.4 is 11.2 Å². The van der Waals surface area contributed by atoms with Crippen molar-refractivity contribution in [1.82, 2.24) is 9.55 Å². The SMILES string of the molecule is C[C@]1(Cl)[C@H](n2ccc(=O)[nH]c2=O)O[C@](F)(CI)[C@H]1O. The number of hydrogen-bond donors (Lipinski definition) is 2. The van der Waals surface area contributed by atoms with Crippen LogP contribution in [-0.2, 0) is 4.74 Å². The highest BCUT2D eigenvalue weighted by Crippen LogP contribution is 2.49. The van der Waals surface area contributed by atoms with Gasteiger partial charge in [-0.05, 0) is 6.92 Å². The molecule has 0 bridgehead atoms. The van der Waals surface area contributed by atoms with Crippen molar-refractivity contribution in [2.75, 3.05) is 4.43 Å². The Morgan fingerprint density at radius 1 is 1.68 bits per heavy atom. The van der Waals surface area contributed by atoms with E-state index in [0.29, 0.717) is 0 Å². The van der Waals surface area contributed by atoms with Gasteiger partial charge in [0, 0.05) is 12.3 Å². The van der Waals surface area contributed by atoms with E-state index >= 15 is 0 Å². The zero-order chi connectivity index (χ0) is 14.4. The first-order valence-electron chi connectivity index (χ1n) is 5.33. The third-order valence-corrected chi connectivity index (χ3v) is 4.45. The molecule has 1 aliphatic rings. The average molecular weight is 405 g/mol. The molecule has 1 fully saturated rings. The van der Waals surface area contributed by atoms with Crippen molar-refractivity contribution in [1.29, 1.82) is 0 Å². The smallest absolute Gasteiger partial charge is 0.330 e. The lowest BCUT2D eigenvalue weighted by Gasteiger charge is -2.26. The van der Waals surface area contributed by atoms with Crippen LogP contribution in [0, 0.1) is 0 Å². The van der Waals surface area contributed by atoms with Gasteiger partial charge in [0.05, 0.1) is 4.43 Å². The molecule has 1 aromatic heterocycles. The van der Waals surface area contributed by atoms with Gasteiger partial charge in [-0.2, -0.15) is 0 Å². The Morgan fingerprint density at radius 2 is 2.32 bits per heavy atom. The molecule has 1 aliphatic heterocycles. The lowest BCUT2D eigenvalue weighted by molar-refractivity contribution is -0.169. The lowest BCUT2D eigenvalue weighted by atomic mass is 10.0. The van der Waals surface area contributed by atoms with Gasteiger partial charge >= 0.3 is 5.69 Å². The van der Waals surface area contributed by atoms with Gasteiger partial charge in [0.15, 0.2) is 6.23 Å². The normalized spacial score (nSPS) is 38.6. The Balaban J connectivity index is 2.51. The van der Waals surface area contributed by atoms with E-state index < -0.39 is 34.3 Å². The number of aromatic nitrogens is 2. The molecule has 0 saturated carbocycles. The van der Waals surface area contributed by atoms with Crippen molar-refractivity contribution >= 4 is 34.2 Å². The van der Waals surface area contributed by atoms with E-state index in [0.717, 1.165) is 16.8 Å². The zero-order valence-corrected chi connectivity index (χ0v) is 12.7. The second-order valence-corrected chi connectivity index (χ2v) is 6.04. The molecule has 0 radical (unpaired) electrons. The number of hydrogen-bond acceptors (Lipinski definition) is 4. The summed E-state index contributed by atoms with van der Waals surface area (Å²) in [6.07, 6.45) is -1.69. The summed E-state index contributed by atoms with van der Waals surface area (Å²) in [5.41, 5.74) is -1.37. The molecule has 9 heteroatoms. The molecule has 0 unspecified atom stereocenters. The predicted molar refractivity (Wildman–Crippen MR) is 74.4 cm³/mol. The molecule has 4 atom stereocenters. The van der Waals surface area contributed by atoms with Crippen molar-refractivity contribution in [2.45, 2.75) is 30.0 Å². The first kappa shape index (κ1) is 14.9. The second kappa shape index (κ2) is 4.83. The number of ether oxygens (including phenoxy) is 1. The van der Waals surface area contributed by atoms with E-state index in [1.165, 1.54) is 6.92 Å². The van der Waals surface area contributed by atoms with Crippen LogP contribution >= 0.6 is 34.2 Å². The highest BCUT2D eigenvalue weighted by atomic mass is 127. The minimum absolute atomic E-state index is 0.150. The third kappa shape index (κ3) is 2.34. The Hall–Kier alpha value is -0.450. The van der Waals surface area contributed by atoms with Crippen molar-refractivity contribution < 1.29 is 14.2 Å². The van der Waals surface area contributed by atoms with Gasteiger partial charge in [-0.1, -0.05) is 22.6 Å². The summed E-state index contributed by atoms with van der Waals surface area (Å²) in [4.78, 5) is 23.2. The summed E-state index contributed by atoms with van der Waals surface area (Å²) in [6.45, 7) is 1.37. The third-order valence-electron chi connectivity index (χ3n) is 3.02. The fourth-order valence-electron chi connectivity index (χ4n) is 1.97. The molecule has 0 aromatic carbocycles. The van der Waals surface area contributed by atoms with Crippen LogP contribution in [0.2, 0.25) is 0 Å². The molecule has 0 spiro atoms. The van der Waals surface area contributed by atoms with Gasteiger partial charge < -0.3 is 9.84 Å². The topological polar surface area (TPSA) is 84.3 Å². The molecule has 6 nitrogen and oxygen atoms in total. The molecule has 0 amide bonds. The largest absolute Gasteiger partial charge is 0.385 e. The molecule has 1 aromatic rings. The molecule has 2 heterocycles. The van der Waals surface area contributed by atoms with E-state index in [4.69, 9.17) is 16.3 Å². The standard InChI is InChI=1S/C10H11ClFIN2O4/c1-9(11)6(17)10(12,4-13)19-7(9)15-3-2-5(16)14-8(15)18/h2-3,6-7,17H,4H2,1H3,(H,14,16,18)/t6-,7+,9+,10+/m0/s1. The van der Waals surface area contributed by atoms with Gasteiger partial charge in [-0.15, -0.1) is 11.6 Å². The molecule has 106 valence electrons. The maximum atomic E-state index is 14.3. The molecule has 2 rings (SSSR count). The summed E-state index contributed by atoms with van der Waals surface area (Å²) < 4.78 is 20.2. The molecule has 19 heavy (non-hydrogen) atoms. The lowest BCUT2D eigenvalue weighted by Crippen LogP contribution is -2.45. The minimum Gasteiger partial charge on any atom is -0.385 e. The summed E-state index contributed by atoms with van der Waals surface area (Å²) in [5.74, 6) is -2.35. The first-order chi connectivity index (χ1) is 8.72. The van der Waals surface area contributed by atoms with Crippen LogP contribution in [0.3, 0.4) is 0 Å². The number of rotatable bonds is 2. The van der Waals surface area contributed by atoms with Crippen LogP contribution in [0.5, 0.6) is 0 Å². The minimum atomic E-state index is -2.35. The maximum absolute atomic E-state index is 14.3. The number of aliphatic hydroxyl groups is 1. The number of nitrogens with one attached hydrogen (secondary N) is 1. The van der Waals surface area contributed by atoms with Crippen LogP contribution in [-0.4, -0.2) is 35.9 Å².